The lowest BCUT2D eigenvalue weighted by Crippen LogP contribution is -2.36. The maximum atomic E-state index is 12.9. The second kappa shape index (κ2) is 14.9. The predicted octanol–water partition coefficient (Wildman–Crippen LogP) is 8.89. The molecular weight excluding hydrogens is 517 g/mol. The van der Waals surface area contributed by atoms with Crippen molar-refractivity contribution in [3.05, 3.63) is 65.2 Å². The van der Waals surface area contributed by atoms with Crippen molar-refractivity contribution in [2.75, 3.05) is 24.6 Å². The number of aryl methyl sites for hydroxylation is 1. The Morgan fingerprint density at radius 3 is 2.32 bits per heavy atom. The van der Waals surface area contributed by atoms with E-state index in [0.29, 0.717) is 11.5 Å². The summed E-state index contributed by atoms with van der Waals surface area (Å²) in [4.78, 5) is 0. The highest BCUT2D eigenvalue weighted by Crippen LogP contribution is 2.40. The monoisotopic (exact) mass is 555 g/mol. The summed E-state index contributed by atoms with van der Waals surface area (Å²) in [5.41, 5.74) is 6.56. The largest absolute Gasteiger partial charge is 0.508 e. The number of hydrogen-bond acceptors (Lipinski definition) is 3. The van der Waals surface area contributed by atoms with Crippen molar-refractivity contribution in [2.45, 2.75) is 76.3 Å². The van der Waals surface area contributed by atoms with Crippen molar-refractivity contribution < 1.29 is 27.1 Å². The SMILES string of the molecule is Oc1ccc2c(c1)CCCC(c1ccccc1)=C2CCCCCNCCCSCCCC(F)(F)C(F)(F)F. The molecule has 0 atom stereocenters. The minimum absolute atomic E-state index is 0.140. The molecule has 0 bridgehead atoms. The zero-order valence-electron chi connectivity index (χ0n) is 21.8. The summed E-state index contributed by atoms with van der Waals surface area (Å²) in [5, 5.41) is 13.4. The summed E-state index contributed by atoms with van der Waals surface area (Å²) in [6.07, 6.45) is 1.39. The smallest absolute Gasteiger partial charge is 0.453 e. The summed E-state index contributed by atoms with van der Waals surface area (Å²) in [6.45, 7) is 1.71. The molecule has 210 valence electrons. The van der Waals surface area contributed by atoms with E-state index >= 15 is 0 Å². The Bertz CT molecular complexity index is 1020. The van der Waals surface area contributed by atoms with Crippen LogP contribution >= 0.6 is 11.8 Å². The Labute approximate surface area is 227 Å². The van der Waals surface area contributed by atoms with E-state index in [0.717, 1.165) is 70.2 Å². The van der Waals surface area contributed by atoms with E-state index in [-0.39, 0.29) is 6.42 Å². The van der Waals surface area contributed by atoms with Gasteiger partial charge in [-0.1, -0.05) is 42.8 Å². The predicted molar refractivity (Wildman–Crippen MR) is 148 cm³/mol. The Morgan fingerprint density at radius 1 is 0.816 bits per heavy atom. The minimum Gasteiger partial charge on any atom is -0.508 e. The lowest BCUT2D eigenvalue weighted by Gasteiger charge is -2.19. The van der Waals surface area contributed by atoms with Gasteiger partial charge in [0.05, 0.1) is 0 Å². The molecule has 3 rings (SSSR count). The van der Waals surface area contributed by atoms with Gasteiger partial charge in [-0.15, -0.1) is 0 Å². The summed E-state index contributed by atoms with van der Waals surface area (Å²) < 4.78 is 62.2. The van der Waals surface area contributed by atoms with Gasteiger partial charge >= 0.3 is 12.1 Å². The summed E-state index contributed by atoms with van der Waals surface area (Å²) in [5.74, 6) is -3.21. The number of nitrogens with one attached hydrogen (secondary N) is 1. The van der Waals surface area contributed by atoms with E-state index < -0.39 is 18.5 Å². The molecule has 0 fully saturated rings. The third-order valence-electron chi connectivity index (χ3n) is 6.89. The summed E-state index contributed by atoms with van der Waals surface area (Å²) in [7, 11) is 0. The van der Waals surface area contributed by atoms with Gasteiger partial charge in [-0.25, -0.2) is 0 Å². The normalized spacial score (nSPS) is 14.4. The number of fused-ring (bicyclic) bond motifs is 1. The Hall–Kier alpha value is -2.06. The Morgan fingerprint density at radius 2 is 1.55 bits per heavy atom. The molecular formula is C30H38F5NOS. The molecule has 0 aromatic heterocycles. The van der Waals surface area contributed by atoms with Gasteiger partial charge in [0, 0.05) is 6.42 Å². The third-order valence-corrected chi connectivity index (χ3v) is 8.04. The van der Waals surface area contributed by atoms with Crippen LogP contribution in [0.5, 0.6) is 5.75 Å². The Balaban J connectivity index is 1.35. The minimum atomic E-state index is -5.45. The molecule has 8 heteroatoms. The molecule has 38 heavy (non-hydrogen) atoms. The number of phenols is 1. The van der Waals surface area contributed by atoms with E-state index in [2.05, 4.69) is 35.6 Å². The fourth-order valence-corrected chi connectivity index (χ4v) is 5.79. The van der Waals surface area contributed by atoms with Crippen LogP contribution < -0.4 is 5.32 Å². The number of rotatable bonds is 15. The zero-order valence-corrected chi connectivity index (χ0v) is 22.6. The van der Waals surface area contributed by atoms with Crippen LogP contribution in [0.25, 0.3) is 11.1 Å². The van der Waals surface area contributed by atoms with Crippen LogP contribution in [0.4, 0.5) is 22.0 Å². The first kappa shape index (κ1) is 30.5. The number of alkyl halides is 5. The molecule has 2 aromatic carbocycles. The number of halogens is 5. The fourth-order valence-electron chi connectivity index (χ4n) is 4.89. The van der Waals surface area contributed by atoms with Crippen LogP contribution in [0.1, 0.15) is 74.5 Å². The van der Waals surface area contributed by atoms with E-state index in [1.165, 1.54) is 39.6 Å². The molecule has 0 amide bonds. The molecule has 2 nitrogen and oxygen atoms in total. The van der Waals surface area contributed by atoms with Crippen LogP contribution in [-0.2, 0) is 6.42 Å². The van der Waals surface area contributed by atoms with E-state index in [1.807, 2.05) is 12.1 Å². The van der Waals surface area contributed by atoms with Gasteiger partial charge in [-0.3, -0.25) is 0 Å². The van der Waals surface area contributed by atoms with Crippen LogP contribution in [-0.4, -0.2) is 41.8 Å². The van der Waals surface area contributed by atoms with Crippen LogP contribution in [0, 0.1) is 0 Å². The fraction of sp³-hybridized carbons (Fsp3) is 0.533. The van der Waals surface area contributed by atoms with Crippen LogP contribution in [0.3, 0.4) is 0 Å². The van der Waals surface area contributed by atoms with Crippen molar-refractivity contribution in [1.29, 1.82) is 0 Å². The molecule has 1 aliphatic carbocycles. The van der Waals surface area contributed by atoms with Crippen molar-refractivity contribution in [2.24, 2.45) is 0 Å². The van der Waals surface area contributed by atoms with Gasteiger partial charge in [0.25, 0.3) is 0 Å². The number of aromatic hydroxyl groups is 1. The molecule has 0 radical (unpaired) electrons. The molecule has 1 aliphatic rings. The molecule has 0 heterocycles. The van der Waals surface area contributed by atoms with Crippen molar-refractivity contribution >= 4 is 22.9 Å². The summed E-state index contributed by atoms with van der Waals surface area (Å²) >= 11 is 1.43. The molecule has 0 saturated carbocycles. The molecule has 0 unspecified atom stereocenters. The van der Waals surface area contributed by atoms with Gasteiger partial charge in [0.15, 0.2) is 0 Å². The van der Waals surface area contributed by atoms with Crippen LogP contribution in [0.2, 0.25) is 0 Å². The van der Waals surface area contributed by atoms with Crippen molar-refractivity contribution in [3.8, 4) is 5.75 Å². The number of benzene rings is 2. The molecule has 2 N–H and O–H groups in total. The molecule has 0 aliphatic heterocycles. The third kappa shape index (κ3) is 9.30. The first-order chi connectivity index (χ1) is 18.2. The van der Waals surface area contributed by atoms with Crippen LogP contribution in [0.15, 0.2) is 48.5 Å². The zero-order chi connectivity index (χ0) is 27.4. The number of allylic oxidation sites excluding steroid dienone is 2. The lowest BCUT2D eigenvalue weighted by atomic mass is 9.89. The van der Waals surface area contributed by atoms with Gasteiger partial charge in [-0.05, 0) is 116 Å². The van der Waals surface area contributed by atoms with E-state index in [9.17, 15) is 27.1 Å². The second-order valence-corrected chi connectivity index (χ2v) is 11.1. The quantitative estimate of drug-likeness (QED) is 0.170. The maximum Gasteiger partial charge on any atom is 0.453 e. The highest BCUT2D eigenvalue weighted by atomic mass is 32.2. The Kier molecular flexibility index (Phi) is 12.0. The highest BCUT2D eigenvalue weighted by Gasteiger charge is 2.56. The number of unbranched alkanes of at least 4 members (excludes halogenated alkanes) is 2. The van der Waals surface area contributed by atoms with Crippen molar-refractivity contribution in [1.82, 2.24) is 5.32 Å². The average molecular weight is 556 g/mol. The topological polar surface area (TPSA) is 32.3 Å². The highest BCUT2D eigenvalue weighted by molar-refractivity contribution is 7.99. The molecule has 0 spiro atoms. The van der Waals surface area contributed by atoms with E-state index in [4.69, 9.17) is 0 Å². The summed E-state index contributed by atoms with van der Waals surface area (Å²) in [6, 6.07) is 16.3. The standard InChI is InChI=1S/C30H38F5NOS/c31-29(32,30(33,34)35)17-8-20-38-21-9-19-36-18-6-2-5-13-28-26(23-10-3-1-4-11-23)14-7-12-24-22-25(37)15-16-27(24)28/h1,3-4,10-11,15-16,22,36-37H,2,5-9,12-14,17-21H2. The first-order valence-electron chi connectivity index (χ1n) is 13.5. The van der Waals surface area contributed by atoms with Gasteiger partial charge < -0.3 is 10.4 Å². The maximum absolute atomic E-state index is 12.9. The van der Waals surface area contributed by atoms with Gasteiger partial charge in [0.1, 0.15) is 5.75 Å². The first-order valence-corrected chi connectivity index (χ1v) is 14.7. The van der Waals surface area contributed by atoms with E-state index in [1.54, 1.807) is 6.07 Å². The number of hydrogen-bond donors (Lipinski definition) is 2. The van der Waals surface area contributed by atoms with Gasteiger partial charge in [-0.2, -0.15) is 33.7 Å². The molecule has 2 aromatic rings. The lowest BCUT2D eigenvalue weighted by molar-refractivity contribution is -0.284. The number of thioether (sulfide) groups is 1. The second-order valence-electron chi connectivity index (χ2n) is 9.85. The average Bonchev–Trinajstić information content (AvgIpc) is 3.05. The van der Waals surface area contributed by atoms with Gasteiger partial charge in [0.2, 0.25) is 0 Å². The van der Waals surface area contributed by atoms with Crippen molar-refractivity contribution in [3.63, 3.8) is 0 Å². The number of phenolic OH excluding ortho intramolecular Hbond substituents is 1. The molecule has 0 saturated heterocycles.